The maximum Gasteiger partial charge on any atom is 0.133 e. The van der Waals surface area contributed by atoms with E-state index in [1.54, 1.807) is 0 Å². The topological polar surface area (TPSA) is 33.0 Å². The number of thioether (sulfide) groups is 1. The number of hydrogen-bond donors (Lipinski definition) is 0. The Hall–Kier alpha value is -1.14. The zero-order valence-electron chi connectivity index (χ0n) is 12.4. The van der Waals surface area contributed by atoms with Gasteiger partial charge in [0.05, 0.1) is 6.61 Å². The average molecular weight is 277 g/mol. The van der Waals surface area contributed by atoms with Crippen molar-refractivity contribution in [3.05, 3.63) is 28.3 Å². The number of nitriles is 1. The second-order valence-electron chi connectivity index (χ2n) is 4.81. The molecule has 3 heteroatoms. The van der Waals surface area contributed by atoms with Crippen LogP contribution in [-0.4, -0.2) is 12.4 Å². The van der Waals surface area contributed by atoms with Gasteiger partial charge in [-0.05, 0) is 80.1 Å². The molecule has 0 aromatic heterocycles. The van der Waals surface area contributed by atoms with Gasteiger partial charge in [-0.3, -0.25) is 0 Å². The number of rotatable bonds is 7. The van der Waals surface area contributed by atoms with E-state index in [1.807, 2.05) is 0 Å². The van der Waals surface area contributed by atoms with Crippen molar-refractivity contribution in [3.8, 4) is 11.2 Å². The van der Waals surface area contributed by atoms with Gasteiger partial charge >= 0.3 is 0 Å². The molecule has 0 fully saturated rings. The molecule has 0 spiro atoms. The third-order valence-corrected chi connectivity index (χ3v) is 4.03. The predicted octanol–water partition coefficient (Wildman–Crippen LogP) is 4.55. The summed E-state index contributed by atoms with van der Waals surface area (Å²) in [6.45, 7) is 9.35. The summed E-state index contributed by atoms with van der Waals surface area (Å²) in [5.41, 5.74) is 5.31. The van der Waals surface area contributed by atoms with Crippen LogP contribution in [0.5, 0.6) is 5.75 Å². The third kappa shape index (κ3) is 4.47. The molecule has 0 aliphatic rings. The molecule has 0 heterocycles. The largest absolute Gasteiger partial charge is 0.493 e. The summed E-state index contributed by atoms with van der Waals surface area (Å²) < 4.78 is 5.80. The lowest BCUT2D eigenvalue weighted by Crippen LogP contribution is -2.03. The van der Waals surface area contributed by atoms with Crippen molar-refractivity contribution in [2.75, 3.05) is 12.4 Å². The number of hydrogen-bond acceptors (Lipinski definition) is 3. The van der Waals surface area contributed by atoms with Gasteiger partial charge in [0.2, 0.25) is 0 Å². The lowest BCUT2D eigenvalue weighted by atomic mass is 9.94. The highest BCUT2D eigenvalue weighted by molar-refractivity contribution is 8.03. The first-order valence-corrected chi connectivity index (χ1v) is 7.83. The number of thiocyanates is 1. The molecule has 0 atom stereocenters. The van der Waals surface area contributed by atoms with Gasteiger partial charge in [0.15, 0.2) is 0 Å². The Kier molecular flexibility index (Phi) is 6.80. The van der Waals surface area contributed by atoms with Gasteiger partial charge < -0.3 is 4.74 Å². The second-order valence-corrected chi connectivity index (χ2v) is 5.69. The van der Waals surface area contributed by atoms with E-state index in [4.69, 9.17) is 10.00 Å². The zero-order chi connectivity index (χ0) is 14.3. The van der Waals surface area contributed by atoms with E-state index in [-0.39, 0.29) is 0 Å². The minimum absolute atomic E-state index is 0.776. The quantitative estimate of drug-likeness (QED) is 0.541. The van der Waals surface area contributed by atoms with Crippen LogP contribution in [0.2, 0.25) is 0 Å². The minimum atomic E-state index is 0.776. The van der Waals surface area contributed by atoms with Crippen molar-refractivity contribution >= 4 is 11.8 Å². The molecule has 0 aliphatic heterocycles. The molecule has 0 saturated heterocycles. The van der Waals surface area contributed by atoms with Crippen molar-refractivity contribution in [2.24, 2.45) is 0 Å². The molecule has 0 amide bonds. The Morgan fingerprint density at radius 3 is 2.63 bits per heavy atom. The van der Waals surface area contributed by atoms with Crippen LogP contribution in [0.15, 0.2) is 6.07 Å². The fourth-order valence-corrected chi connectivity index (χ4v) is 2.59. The Labute approximate surface area is 121 Å². The summed E-state index contributed by atoms with van der Waals surface area (Å²) in [6.07, 6.45) is 3.13. The van der Waals surface area contributed by atoms with Gasteiger partial charge in [0.1, 0.15) is 11.2 Å². The standard InChI is InChI=1S/C16H23NOS/c1-5-8-18-16-10-12(2)15(13(3)14(16)4)7-6-9-19-11-17/h10H,5-9H2,1-4H3. The highest BCUT2D eigenvalue weighted by Crippen LogP contribution is 2.28. The lowest BCUT2D eigenvalue weighted by molar-refractivity contribution is 0.315. The summed E-state index contributed by atoms with van der Waals surface area (Å²) in [4.78, 5) is 0. The zero-order valence-corrected chi connectivity index (χ0v) is 13.2. The second kappa shape index (κ2) is 8.12. The molecule has 0 N–H and O–H groups in total. The molecule has 0 radical (unpaired) electrons. The van der Waals surface area contributed by atoms with Gasteiger partial charge in [0, 0.05) is 5.75 Å². The molecular formula is C16H23NOS. The van der Waals surface area contributed by atoms with Crippen molar-refractivity contribution < 1.29 is 4.74 Å². The summed E-state index contributed by atoms with van der Waals surface area (Å²) >= 11 is 1.34. The smallest absolute Gasteiger partial charge is 0.133 e. The summed E-state index contributed by atoms with van der Waals surface area (Å²) in [7, 11) is 0. The maximum absolute atomic E-state index is 8.53. The highest BCUT2D eigenvalue weighted by atomic mass is 32.2. The van der Waals surface area contributed by atoms with E-state index in [2.05, 4.69) is 39.2 Å². The van der Waals surface area contributed by atoms with Crippen LogP contribution < -0.4 is 4.74 Å². The number of ether oxygens (including phenoxy) is 1. The number of benzene rings is 1. The van der Waals surface area contributed by atoms with E-state index in [9.17, 15) is 0 Å². The molecule has 1 aromatic rings. The van der Waals surface area contributed by atoms with Crippen LogP contribution in [0.1, 0.15) is 42.0 Å². The monoisotopic (exact) mass is 277 g/mol. The molecule has 2 nitrogen and oxygen atoms in total. The number of aryl methyl sites for hydroxylation is 1. The van der Waals surface area contributed by atoms with E-state index >= 15 is 0 Å². The first-order valence-electron chi connectivity index (χ1n) is 6.85. The van der Waals surface area contributed by atoms with Crippen molar-refractivity contribution in [1.82, 2.24) is 0 Å². The van der Waals surface area contributed by atoms with Crippen molar-refractivity contribution in [1.29, 1.82) is 5.26 Å². The summed E-state index contributed by atoms with van der Waals surface area (Å²) in [6, 6.07) is 2.16. The van der Waals surface area contributed by atoms with Gasteiger partial charge in [-0.25, -0.2) is 0 Å². The molecule has 1 aromatic carbocycles. The van der Waals surface area contributed by atoms with E-state index < -0.39 is 0 Å². The fourth-order valence-electron chi connectivity index (χ4n) is 2.21. The summed E-state index contributed by atoms with van der Waals surface area (Å²) in [5.74, 6) is 1.93. The SMILES string of the molecule is CCCOc1cc(C)c(CCCSC#N)c(C)c1C. The molecule has 19 heavy (non-hydrogen) atoms. The van der Waals surface area contributed by atoms with Crippen LogP contribution in [-0.2, 0) is 6.42 Å². The average Bonchev–Trinajstić information content (AvgIpc) is 2.40. The Balaban J connectivity index is 2.83. The Morgan fingerprint density at radius 1 is 1.26 bits per heavy atom. The van der Waals surface area contributed by atoms with E-state index in [0.717, 1.165) is 37.4 Å². The van der Waals surface area contributed by atoms with Crippen LogP contribution in [0.3, 0.4) is 0 Å². The van der Waals surface area contributed by atoms with Crippen LogP contribution >= 0.6 is 11.8 Å². The van der Waals surface area contributed by atoms with Gasteiger partial charge in [-0.15, -0.1) is 0 Å². The first-order chi connectivity index (χ1) is 9.11. The molecule has 0 unspecified atom stereocenters. The molecule has 1 rings (SSSR count). The highest BCUT2D eigenvalue weighted by Gasteiger charge is 2.10. The molecule has 0 saturated carbocycles. The Morgan fingerprint density at radius 2 is 2.00 bits per heavy atom. The van der Waals surface area contributed by atoms with Crippen LogP contribution in [0.4, 0.5) is 0 Å². The maximum atomic E-state index is 8.53. The van der Waals surface area contributed by atoms with Gasteiger partial charge in [0.25, 0.3) is 0 Å². The normalized spacial score (nSPS) is 10.3. The lowest BCUT2D eigenvalue weighted by Gasteiger charge is -2.17. The molecule has 0 bridgehead atoms. The van der Waals surface area contributed by atoms with Gasteiger partial charge in [-0.1, -0.05) is 6.92 Å². The molecule has 104 valence electrons. The predicted molar refractivity (Wildman–Crippen MR) is 82.8 cm³/mol. The fraction of sp³-hybridized carbons (Fsp3) is 0.562. The third-order valence-electron chi connectivity index (χ3n) is 3.41. The van der Waals surface area contributed by atoms with Crippen molar-refractivity contribution in [2.45, 2.75) is 47.0 Å². The van der Waals surface area contributed by atoms with Gasteiger partial charge in [-0.2, -0.15) is 5.26 Å². The molecular weight excluding hydrogens is 254 g/mol. The van der Waals surface area contributed by atoms with E-state index in [1.165, 1.54) is 34.0 Å². The van der Waals surface area contributed by atoms with Crippen LogP contribution in [0, 0.1) is 31.4 Å². The minimum Gasteiger partial charge on any atom is -0.493 e. The summed E-state index contributed by atoms with van der Waals surface area (Å²) in [5, 5.41) is 10.7. The van der Waals surface area contributed by atoms with Crippen LogP contribution in [0.25, 0.3) is 0 Å². The first kappa shape index (κ1) is 15.9. The van der Waals surface area contributed by atoms with E-state index in [0.29, 0.717) is 0 Å². The Bertz CT molecular complexity index is 463. The van der Waals surface area contributed by atoms with Crippen molar-refractivity contribution in [3.63, 3.8) is 0 Å². The molecule has 0 aliphatic carbocycles. The number of nitrogens with zero attached hydrogens (tertiary/aromatic N) is 1.